The normalized spacial score (nSPS) is 29.1. The van der Waals surface area contributed by atoms with Crippen molar-refractivity contribution in [2.75, 3.05) is 0 Å². The first-order valence-electron chi connectivity index (χ1n) is 5.15. The van der Waals surface area contributed by atoms with Crippen molar-refractivity contribution in [3.05, 3.63) is 0 Å². The van der Waals surface area contributed by atoms with E-state index in [-0.39, 0.29) is 28.9 Å². The molecule has 1 heterocycles. The average Bonchev–Trinajstić information content (AvgIpc) is 1.93. The molecule has 1 saturated heterocycles. The first kappa shape index (κ1) is 11.5. The molecule has 1 fully saturated rings. The first-order valence-corrected chi connectivity index (χ1v) is 5.15. The van der Waals surface area contributed by atoms with Gasteiger partial charge in [-0.15, -0.1) is 0 Å². The lowest BCUT2D eigenvalue weighted by Crippen LogP contribution is -2.76. The molecule has 2 unspecified atom stereocenters. The molecule has 2 atom stereocenters. The molecule has 0 saturated carbocycles. The fourth-order valence-corrected chi connectivity index (χ4v) is 2.19. The summed E-state index contributed by atoms with van der Waals surface area (Å²) in [7, 11) is 0. The van der Waals surface area contributed by atoms with Crippen LogP contribution in [0.5, 0.6) is 0 Å². The highest BCUT2D eigenvalue weighted by Gasteiger charge is 2.54. The number of hydrogen-bond acceptors (Lipinski definition) is 2. The number of hydrogen-bond donors (Lipinski definition) is 1. The fraction of sp³-hybridized carbons (Fsp3) is 0.909. The Bertz CT molecular complexity index is 247. The number of carbonyl (C=O) groups excluding carboxylic acids is 1. The second-order valence-electron chi connectivity index (χ2n) is 6.22. The van der Waals surface area contributed by atoms with Gasteiger partial charge in [-0.3, -0.25) is 4.79 Å². The van der Waals surface area contributed by atoms with E-state index in [1.54, 1.807) is 0 Å². The molecular weight excluding hydrogens is 176 g/mol. The maximum absolute atomic E-state index is 11.7. The van der Waals surface area contributed by atoms with Crippen LogP contribution in [0.4, 0.5) is 0 Å². The Balaban J connectivity index is 2.92. The largest absolute Gasteiger partial charge is 0.331 e. The van der Waals surface area contributed by atoms with Crippen LogP contribution >= 0.6 is 0 Å². The molecule has 1 rings (SSSR count). The second-order valence-corrected chi connectivity index (χ2v) is 6.22. The van der Waals surface area contributed by atoms with Gasteiger partial charge in [0.1, 0.15) is 6.04 Å². The maximum atomic E-state index is 11.7. The van der Waals surface area contributed by atoms with Crippen LogP contribution in [0.1, 0.15) is 41.5 Å². The van der Waals surface area contributed by atoms with Crippen molar-refractivity contribution < 1.29 is 4.79 Å². The van der Waals surface area contributed by atoms with Gasteiger partial charge in [0.2, 0.25) is 5.91 Å². The van der Waals surface area contributed by atoms with Crippen LogP contribution in [0.25, 0.3) is 0 Å². The smallest absolute Gasteiger partial charge is 0.242 e. The molecule has 0 aromatic heterocycles. The quantitative estimate of drug-likeness (QED) is 0.598. The number of β-lactam (4-membered cyclic amide) rings is 1. The van der Waals surface area contributed by atoms with E-state index in [4.69, 9.17) is 5.73 Å². The molecule has 3 heteroatoms. The lowest BCUT2D eigenvalue weighted by molar-refractivity contribution is -0.166. The summed E-state index contributed by atoms with van der Waals surface area (Å²) in [5.41, 5.74) is 5.78. The molecule has 0 aromatic rings. The molecule has 0 bridgehead atoms. The lowest BCUT2D eigenvalue weighted by Gasteiger charge is -2.57. The van der Waals surface area contributed by atoms with Crippen molar-refractivity contribution in [3.63, 3.8) is 0 Å². The molecule has 0 radical (unpaired) electrons. The highest BCUT2D eigenvalue weighted by atomic mass is 16.2. The Morgan fingerprint density at radius 2 is 1.57 bits per heavy atom. The highest BCUT2D eigenvalue weighted by Crippen LogP contribution is 2.38. The van der Waals surface area contributed by atoms with Gasteiger partial charge in [-0.2, -0.15) is 0 Å². The van der Waals surface area contributed by atoms with Crippen molar-refractivity contribution in [2.24, 2.45) is 11.1 Å². The zero-order valence-corrected chi connectivity index (χ0v) is 10.1. The van der Waals surface area contributed by atoms with Gasteiger partial charge in [0.25, 0.3) is 0 Å². The van der Waals surface area contributed by atoms with Crippen molar-refractivity contribution in [1.82, 2.24) is 4.90 Å². The molecule has 82 valence electrons. The molecule has 3 nitrogen and oxygen atoms in total. The monoisotopic (exact) mass is 198 g/mol. The molecular formula is C11H22N2O. The predicted molar refractivity (Wildman–Crippen MR) is 57.8 cm³/mol. The van der Waals surface area contributed by atoms with Gasteiger partial charge in [0.05, 0.1) is 6.04 Å². The van der Waals surface area contributed by atoms with Crippen LogP contribution < -0.4 is 5.73 Å². The van der Waals surface area contributed by atoms with E-state index < -0.39 is 0 Å². The van der Waals surface area contributed by atoms with Crippen LogP contribution in [-0.2, 0) is 4.79 Å². The number of amides is 1. The fourth-order valence-electron chi connectivity index (χ4n) is 2.19. The van der Waals surface area contributed by atoms with E-state index in [2.05, 4.69) is 41.5 Å². The maximum Gasteiger partial charge on any atom is 0.242 e. The second kappa shape index (κ2) is 2.96. The third kappa shape index (κ3) is 1.65. The van der Waals surface area contributed by atoms with Crippen molar-refractivity contribution in [1.29, 1.82) is 0 Å². The number of likely N-dealkylation sites (tertiary alicyclic amines) is 1. The van der Waals surface area contributed by atoms with Gasteiger partial charge in [-0.25, -0.2) is 0 Å². The molecule has 2 N–H and O–H groups in total. The van der Waals surface area contributed by atoms with Crippen molar-refractivity contribution >= 4 is 5.91 Å². The molecule has 1 aliphatic heterocycles. The van der Waals surface area contributed by atoms with Gasteiger partial charge in [-0.1, -0.05) is 20.8 Å². The van der Waals surface area contributed by atoms with Crippen LogP contribution in [0.15, 0.2) is 0 Å². The summed E-state index contributed by atoms with van der Waals surface area (Å²) < 4.78 is 0. The zero-order chi connectivity index (χ0) is 11.3. The summed E-state index contributed by atoms with van der Waals surface area (Å²) >= 11 is 0. The molecule has 0 aromatic carbocycles. The van der Waals surface area contributed by atoms with Crippen molar-refractivity contribution in [2.45, 2.75) is 59.2 Å². The Hall–Kier alpha value is -0.570. The highest BCUT2D eigenvalue weighted by molar-refractivity contribution is 5.90. The van der Waals surface area contributed by atoms with E-state index in [1.807, 2.05) is 4.90 Å². The predicted octanol–water partition coefficient (Wildman–Crippen LogP) is 1.37. The minimum Gasteiger partial charge on any atom is -0.331 e. The van der Waals surface area contributed by atoms with Gasteiger partial charge < -0.3 is 10.6 Å². The summed E-state index contributed by atoms with van der Waals surface area (Å²) in [6, 6.07) is -0.149. The van der Waals surface area contributed by atoms with Crippen LogP contribution in [-0.4, -0.2) is 28.4 Å². The summed E-state index contributed by atoms with van der Waals surface area (Å²) in [5.74, 6) is 0.0809. The van der Waals surface area contributed by atoms with Crippen LogP contribution in [0, 0.1) is 5.41 Å². The van der Waals surface area contributed by atoms with Gasteiger partial charge in [0.15, 0.2) is 0 Å². The van der Waals surface area contributed by atoms with Crippen LogP contribution in [0.2, 0.25) is 0 Å². The van der Waals surface area contributed by atoms with E-state index in [1.165, 1.54) is 0 Å². The molecule has 1 aliphatic rings. The number of nitrogens with zero attached hydrogens (tertiary/aromatic N) is 1. The molecule has 14 heavy (non-hydrogen) atoms. The average molecular weight is 198 g/mol. The van der Waals surface area contributed by atoms with E-state index in [0.717, 1.165) is 0 Å². The third-order valence-electron chi connectivity index (χ3n) is 2.75. The minimum atomic E-state index is -0.311. The third-order valence-corrected chi connectivity index (χ3v) is 2.75. The molecule has 0 spiro atoms. The number of carbonyl (C=O) groups is 1. The SMILES string of the molecule is CC(C)(C)C1C(N)C(=O)N1C(C)(C)C. The Kier molecular flexibility index (Phi) is 2.43. The standard InChI is InChI=1S/C11H22N2O/c1-10(2,3)8-7(12)9(14)13(8)11(4,5)6/h7-8H,12H2,1-6H3. The Morgan fingerprint density at radius 3 is 1.79 bits per heavy atom. The summed E-state index contributed by atoms with van der Waals surface area (Å²) in [5, 5.41) is 0. The van der Waals surface area contributed by atoms with Crippen LogP contribution in [0.3, 0.4) is 0 Å². The molecule has 0 aliphatic carbocycles. The first-order chi connectivity index (χ1) is 6.07. The van der Waals surface area contributed by atoms with Gasteiger partial charge >= 0.3 is 0 Å². The van der Waals surface area contributed by atoms with E-state index in [0.29, 0.717) is 0 Å². The lowest BCUT2D eigenvalue weighted by atomic mass is 9.73. The Labute approximate surface area is 86.6 Å². The van der Waals surface area contributed by atoms with E-state index >= 15 is 0 Å². The summed E-state index contributed by atoms with van der Waals surface area (Å²) in [4.78, 5) is 13.6. The summed E-state index contributed by atoms with van der Waals surface area (Å²) in [6.07, 6.45) is 0. The van der Waals surface area contributed by atoms with Gasteiger partial charge in [-0.05, 0) is 26.2 Å². The summed E-state index contributed by atoms with van der Waals surface area (Å²) in [6.45, 7) is 12.5. The number of rotatable bonds is 0. The zero-order valence-electron chi connectivity index (χ0n) is 10.1. The molecule has 1 amide bonds. The topological polar surface area (TPSA) is 46.3 Å². The van der Waals surface area contributed by atoms with Crippen molar-refractivity contribution in [3.8, 4) is 0 Å². The van der Waals surface area contributed by atoms with Gasteiger partial charge in [0, 0.05) is 5.54 Å². The number of nitrogens with two attached hydrogens (primary N) is 1. The Morgan fingerprint density at radius 1 is 1.14 bits per heavy atom. The van der Waals surface area contributed by atoms with E-state index in [9.17, 15) is 4.79 Å². The minimum absolute atomic E-state index is 0.0562.